The van der Waals surface area contributed by atoms with Crippen LogP contribution in [0.1, 0.15) is 16.2 Å². The molecule has 0 amide bonds. The molecule has 3 heteroatoms. The van der Waals surface area contributed by atoms with E-state index in [1.807, 2.05) is 31.4 Å². The molecule has 0 N–H and O–H groups in total. The van der Waals surface area contributed by atoms with E-state index in [2.05, 4.69) is 4.98 Å². The van der Waals surface area contributed by atoms with E-state index in [0.29, 0.717) is 11.4 Å². The quantitative estimate of drug-likeness (QED) is 0.537. The van der Waals surface area contributed by atoms with Crippen LogP contribution < -0.4 is 4.57 Å². The molecule has 2 aromatic heterocycles. The van der Waals surface area contributed by atoms with Gasteiger partial charge in [-0.05, 0) is 18.2 Å². The standard InChI is InChI=1S/C12H11N2O/c1-14-9-5-3-7-11(14)12(15)10-6-2-4-8-13-10/h2-9H,1H3/q+1. The fourth-order valence-corrected chi connectivity index (χ4v) is 1.39. The summed E-state index contributed by atoms with van der Waals surface area (Å²) < 4.78 is 1.79. The Morgan fingerprint density at radius 3 is 2.67 bits per heavy atom. The largest absolute Gasteiger partial charge is 0.280 e. The summed E-state index contributed by atoms with van der Waals surface area (Å²) in [6.45, 7) is 0. The molecule has 0 spiro atoms. The van der Waals surface area contributed by atoms with Gasteiger partial charge in [-0.2, -0.15) is 4.57 Å². The van der Waals surface area contributed by atoms with Gasteiger partial charge in [0.1, 0.15) is 12.7 Å². The first kappa shape index (κ1) is 9.52. The number of carbonyl (C=O) groups is 1. The van der Waals surface area contributed by atoms with Gasteiger partial charge in [-0.3, -0.25) is 9.78 Å². The second-order valence-corrected chi connectivity index (χ2v) is 3.24. The molecule has 0 unspecified atom stereocenters. The first-order chi connectivity index (χ1) is 7.29. The fraction of sp³-hybridized carbons (Fsp3) is 0.0833. The number of ketones is 1. The molecule has 2 rings (SSSR count). The Bertz CT molecular complexity index is 480. The van der Waals surface area contributed by atoms with Crippen molar-refractivity contribution in [2.45, 2.75) is 0 Å². The predicted octanol–water partition coefficient (Wildman–Crippen LogP) is 1.14. The predicted molar refractivity (Wildman–Crippen MR) is 55.3 cm³/mol. The van der Waals surface area contributed by atoms with Gasteiger partial charge < -0.3 is 0 Å². The van der Waals surface area contributed by atoms with Crippen molar-refractivity contribution in [3.63, 3.8) is 0 Å². The lowest BCUT2D eigenvalue weighted by Crippen LogP contribution is -2.35. The number of pyridine rings is 2. The van der Waals surface area contributed by atoms with Crippen molar-refractivity contribution in [3.05, 3.63) is 60.2 Å². The number of carbonyl (C=O) groups excluding carboxylic acids is 1. The van der Waals surface area contributed by atoms with Crippen LogP contribution in [0.25, 0.3) is 0 Å². The fourth-order valence-electron chi connectivity index (χ4n) is 1.39. The summed E-state index contributed by atoms with van der Waals surface area (Å²) >= 11 is 0. The minimum absolute atomic E-state index is 0.0568. The summed E-state index contributed by atoms with van der Waals surface area (Å²) in [5, 5.41) is 0. The Hall–Kier alpha value is -2.03. The van der Waals surface area contributed by atoms with Gasteiger partial charge in [0.15, 0.2) is 6.20 Å². The van der Waals surface area contributed by atoms with Crippen molar-refractivity contribution in [2.24, 2.45) is 7.05 Å². The van der Waals surface area contributed by atoms with Crippen LogP contribution in [-0.2, 0) is 7.05 Å². The number of aromatic nitrogens is 2. The van der Waals surface area contributed by atoms with E-state index in [1.165, 1.54) is 0 Å². The maximum atomic E-state index is 12.0. The van der Waals surface area contributed by atoms with Crippen LogP contribution in [-0.4, -0.2) is 10.8 Å². The van der Waals surface area contributed by atoms with Crippen molar-refractivity contribution in [3.8, 4) is 0 Å². The third-order valence-electron chi connectivity index (χ3n) is 2.19. The Morgan fingerprint density at radius 1 is 1.20 bits per heavy atom. The van der Waals surface area contributed by atoms with Crippen molar-refractivity contribution in [2.75, 3.05) is 0 Å². The molecule has 0 aliphatic rings. The van der Waals surface area contributed by atoms with E-state index in [4.69, 9.17) is 0 Å². The summed E-state index contributed by atoms with van der Waals surface area (Å²) in [5.74, 6) is -0.0568. The van der Waals surface area contributed by atoms with E-state index in [-0.39, 0.29) is 5.78 Å². The maximum absolute atomic E-state index is 12.0. The molecule has 0 saturated heterocycles. The highest BCUT2D eigenvalue weighted by Crippen LogP contribution is 2.01. The zero-order valence-electron chi connectivity index (χ0n) is 8.42. The zero-order valence-corrected chi connectivity index (χ0v) is 8.42. The first-order valence-corrected chi connectivity index (χ1v) is 4.69. The highest BCUT2D eigenvalue weighted by Gasteiger charge is 2.18. The molecule has 0 atom stereocenters. The lowest BCUT2D eigenvalue weighted by atomic mass is 10.2. The van der Waals surface area contributed by atoms with Gasteiger partial charge in [-0.25, -0.2) is 0 Å². The van der Waals surface area contributed by atoms with Gasteiger partial charge >= 0.3 is 0 Å². The Morgan fingerprint density at radius 2 is 2.00 bits per heavy atom. The SMILES string of the molecule is C[n+]1ccccc1C(=O)c1ccccn1. The van der Waals surface area contributed by atoms with Crippen LogP contribution in [0, 0.1) is 0 Å². The van der Waals surface area contributed by atoms with Gasteiger partial charge in [0, 0.05) is 18.3 Å². The highest BCUT2D eigenvalue weighted by atomic mass is 16.1. The lowest BCUT2D eigenvalue weighted by Gasteiger charge is -1.97. The number of hydrogen-bond acceptors (Lipinski definition) is 2. The van der Waals surface area contributed by atoms with E-state index in [9.17, 15) is 4.79 Å². The number of nitrogens with zero attached hydrogens (tertiary/aromatic N) is 2. The third kappa shape index (κ3) is 1.91. The van der Waals surface area contributed by atoms with Crippen molar-refractivity contribution in [1.29, 1.82) is 0 Å². The van der Waals surface area contributed by atoms with E-state index in [1.54, 1.807) is 29.0 Å². The van der Waals surface area contributed by atoms with Crippen LogP contribution >= 0.6 is 0 Å². The molecule has 0 aromatic carbocycles. The molecule has 74 valence electrons. The van der Waals surface area contributed by atoms with E-state index < -0.39 is 0 Å². The normalized spacial score (nSPS) is 9.93. The average molecular weight is 199 g/mol. The van der Waals surface area contributed by atoms with Crippen molar-refractivity contribution >= 4 is 5.78 Å². The molecular weight excluding hydrogens is 188 g/mol. The van der Waals surface area contributed by atoms with Crippen molar-refractivity contribution < 1.29 is 9.36 Å². The van der Waals surface area contributed by atoms with Crippen molar-refractivity contribution in [1.82, 2.24) is 4.98 Å². The van der Waals surface area contributed by atoms with E-state index >= 15 is 0 Å². The summed E-state index contributed by atoms with van der Waals surface area (Å²) in [4.78, 5) is 16.0. The Labute approximate surface area is 88.0 Å². The average Bonchev–Trinajstić information content (AvgIpc) is 2.30. The number of hydrogen-bond donors (Lipinski definition) is 0. The minimum atomic E-state index is -0.0568. The number of rotatable bonds is 2. The molecule has 2 aromatic rings. The molecule has 0 aliphatic heterocycles. The van der Waals surface area contributed by atoms with Gasteiger partial charge in [-0.1, -0.05) is 6.07 Å². The summed E-state index contributed by atoms with van der Waals surface area (Å²) in [5.41, 5.74) is 1.11. The van der Waals surface area contributed by atoms with Crippen LogP contribution in [0.5, 0.6) is 0 Å². The molecule has 0 saturated carbocycles. The molecule has 0 aliphatic carbocycles. The third-order valence-corrected chi connectivity index (χ3v) is 2.19. The smallest absolute Gasteiger partial charge is 0.274 e. The molecule has 0 bridgehead atoms. The van der Waals surface area contributed by atoms with Crippen LogP contribution in [0.15, 0.2) is 48.8 Å². The second kappa shape index (κ2) is 4.00. The topological polar surface area (TPSA) is 33.8 Å². The maximum Gasteiger partial charge on any atom is 0.274 e. The monoisotopic (exact) mass is 199 g/mol. The molecular formula is C12H11N2O+. The molecule has 0 radical (unpaired) electrons. The lowest BCUT2D eigenvalue weighted by molar-refractivity contribution is -0.673. The highest BCUT2D eigenvalue weighted by molar-refractivity contribution is 6.05. The zero-order chi connectivity index (χ0) is 10.7. The minimum Gasteiger partial charge on any atom is -0.280 e. The Kier molecular flexibility index (Phi) is 2.54. The summed E-state index contributed by atoms with van der Waals surface area (Å²) in [6, 6.07) is 10.8. The van der Waals surface area contributed by atoms with Gasteiger partial charge in [0.05, 0.1) is 0 Å². The number of aryl methyl sites for hydroxylation is 1. The van der Waals surface area contributed by atoms with Crippen LogP contribution in [0.4, 0.5) is 0 Å². The molecule has 0 fully saturated rings. The first-order valence-electron chi connectivity index (χ1n) is 4.69. The summed E-state index contributed by atoms with van der Waals surface area (Å²) in [7, 11) is 1.84. The van der Waals surface area contributed by atoms with E-state index in [0.717, 1.165) is 0 Å². The van der Waals surface area contributed by atoms with Crippen LogP contribution in [0.2, 0.25) is 0 Å². The van der Waals surface area contributed by atoms with Gasteiger partial charge in [0.2, 0.25) is 0 Å². The molecule has 15 heavy (non-hydrogen) atoms. The molecule has 3 nitrogen and oxygen atoms in total. The second-order valence-electron chi connectivity index (χ2n) is 3.24. The van der Waals surface area contributed by atoms with Gasteiger partial charge in [0.25, 0.3) is 11.5 Å². The summed E-state index contributed by atoms with van der Waals surface area (Å²) in [6.07, 6.45) is 3.46. The van der Waals surface area contributed by atoms with Crippen LogP contribution in [0.3, 0.4) is 0 Å². The molecule has 2 heterocycles. The van der Waals surface area contributed by atoms with Gasteiger partial charge in [-0.15, -0.1) is 0 Å². The Balaban J connectivity index is 2.42.